The molecule has 27 heavy (non-hydrogen) atoms. The first-order chi connectivity index (χ1) is 12.9. The molecule has 0 aliphatic rings. The van der Waals surface area contributed by atoms with E-state index in [-0.39, 0.29) is 30.8 Å². The minimum atomic E-state index is -0.703. The van der Waals surface area contributed by atoms with Crippen LogP contribution < -0.4 is 10.1 Å². The van der Waals surface area contributed by atoms with Crippen LogP contribution >= 0.6 is 11.6 Å². The van der Waals surface area contributed by atoms with Crippen LogP contribution in [0.3, 0.4) is 0 Å². The smallest absolute Gasteiger partial charge is 0.261 e. The molecule has 0 aliphatic carbocycles. The van der Waals surface area contributed by atoms with Crippen LogP contribution in [0, 0.1) is 5.82 Å². The second-order valence-corrected chi connectivity index (χ2v) is 6.40. The van der Waals surface area contributed by atoms with Gasteiger partial charge in [0, 0.05) is 18.1 Å². The third kappa shape index (κ3) is 6.25. The fraction of sp³-hybridized carbons (Fsp3) is 0.300. The number of likely N-dealkylation sites (N-methyl/N-ethyl adjacent to an activating group) is 1. The molecule has 1 unspecified atom stereocenters. The molecule has 0 aliphatic heterocycles. The number of carbonyl (C=O) groups excluding carboxylic acids is 2. The maximum atomic E-state index is 13.1. The first kappa shape index (κ1) is 20.7. The zero-order valence-electron chi connectivity index (χ0n) is 15.2. The maximum absolute atomic E-state index is 13.1. The van der Waals surface area contributed by atoms with Gasteiger partial charge in [-0.15, -0.1) is 0 Å². The predicted molar refractivity (Wildman–Crippen MR) is 102 cm³/mol. The van der Waals surface area contributed by atoms with Crippen molar-refractivity contribution in [2.75, 3.05) is 13.2 Å². The fourth-order valence-electron chi connectivity index (χ4n) is 2.48. The summed E-state index contributed by atoms with van der Waals surface area (Å²) in [6, 6.07) is 11.8. The highest BCUT2D eigenvalue weighted by molar-refractivity contribution is 6.30. The van der Waals surface area contributed by atoms with Gasteiger partial charge in [0.1, 0.15) is 17.6 Å². The van der Waals surface area contributed by atoms with Crippen molar-refractivity contribution in [1.29, 1.82) is 0 Å². The van der Waals surface area contributed by atoms with Crippen molar-refractivity contribution in [3.8, 4) is 5.75 Å². The van der Waals surface area contributed by atoms with Crippen LogP contribution in [-0.4, -0.2) is 35.9 Å². The summed E-state index contributed by atoms with van der Waals surface area (Å²) in [5.74, 6) is -0.533. The Labute approximate surface area is 163 Å². The number of nitrogens with one attached hydrogen (secondary N) is 1. The first-order valence-corrected chi connectivity index (χ1v) is 8.98. The highest BCUT2D eigenvalue weighted by atomic mass is 35.5. The van der Waals surface area contributed by atoms with E-state index in [0.29, 0.717) is 22.9 Å². The summed E-state index contributed by atoms with van der Waals surface area (Å²) in [5.41, 5.74) is 0.712. The Hall–Kier alpha value is -2.60. The van der Waals surface area contributed by atoms with E-state index in [4.69, 9.17) is 16.3 Å². The highest BCUT2D eigenvalue weighted by Gasteiger charge is 2.26. The van der Waals surface area contributed by atoms with E-state index in [2.05, 4.69) is 5.32 Å². The topological polar surface area (TPSA) is 58.6 Å². The van der Waals surface area contributed by atoms with Crippen LogP contribution in [-0.2, 0) is 16.1 Å². The number of rotatable bonds is 8. The summed E-state index contributed by atoms with van der Waals surface area (Å²) < 4.78 is 18.6. The number of benzene rings is 2. The van der Waals surface area contributed by atoms with Gasteiger partial charge >= 0.3 is 0 Å². The van der Waals surface area contributed by atoms with Crippen molar-refractivity contribution >= 4 is 23.4 Å². The van der Waals surface area contributed by atoms with Gasteiger partial charge in [-0.3, -0.25) is 9.59 Å². The largest absolute Gasteiger partial charge is 0.484 e. The lowest BCUT2D eigenvalue weighted by atomic mass is 10.1. The van der Waals surface area contributed by atoms with E-state index in [1.54, 1.807) is 50.2 Å². The van der Waals surface area contributed by atoms with Crippen molar-refractivity contribution in [2.45, 2.75) is 26.4 Å². The molecule has 2 rings (SSSR count). The second-order valence-electron chi connectivity index (χ2n) is 5.96. The van der Waals surface area contributed by atoms with Crippen molar-refractivity contribution < 1.29 is 18.7 Å². The molecule has 0 radical (unpaired) electrons. The summed E-state index contributed by atoms with van der Waals surface area (Å²) in [7, 11) is 0. The molecule has 144 valence electrons. The van der Waals surface area contributed by atoms with Gasteiger partial charge in [-0.2, -0.15) is 0 Å². The van der Waals surface area contributed by atoms with Crippen molar-refractivity contribution in [2.24, 2.45) is 0 Å². The third-order valence-electron chi connectivity index (χ3n) is 3.94. The number of hydrogen-bond acceptors (Lipinski definition) is 3. The Morgan fingerprint density at radius 1 is 1.22 bits per heavy atom. The molecule has 0 saturated carbocycles. The molecule has 0 heterocycles. The summed E-state index contributed by atoms with van der Waals surface area (Å²) >= 11 is 5.91. The summed E-state index contributed by atoms with van der Waals surface area (Å²) in [4.78, 5) is 26.4. The van der Waals surface area contributed by atoms with Crippen LogP contribution in [0.4, 0.5) is 4.39 Å². The van der Waals surface area contributed by atoms with Crippen LogP contribution in [0.15, 0.2) is 48.5 Å². The molecule has 1 N–H and O–H groups in total. The van der Waals surface area contributed by atoms with E-state index < -0.39 is 6.04 Å². The van der Waals surface area contributed by atoms with Crippen LogP contribution in [0.5, 0.6) is 5.75 Å². The minimum absolute atomic E-state index is 0.163. The summed E-state index contributed by atoms with van der Waals surface area (Å²) in [6.07, 6.45) is 0. The van der Waals surface area contributed by atoms with Gasteiger partial charge in [-0.05, 0) is 49.7 Å². The molecule has 1 atom stereocenters. The normalized spacial score (nSPS) is 11.6. The number of nitrogens with zero attached hydrogens (tertiary/aromatic N) is 1. The number of ether oxygens (including phenoxy) is 1. The lowest BCUT2D eigenvalue weighted by Crippen LogP contribution is -2.49. The number of amides is 2. The lowest BCUT2D eigenvalue weighted by molar-refractivity contribution is -0.142. The van der Waals surface area contributed by atoms with Gasteiger partial charge in [0.05, 0.1) is 0 Å². The molecule has 0 spiro atoms. The van der Waals surface area contributed by atoms with Crippen molar-refractivity contribution in [3.05, 3.63) is 64.9 Å². The van der Waals surface area contributed by atoms with E-state index >= 15 is 0 Å². The van der Waals surface area contributed by atoms with Gasteiger partial charge in [-0.25, -0.2) is 4.39 Å². The first-order valence-electron chi connectivity index (χ1n) is 8.60. The standard InChI is InChI=1S/C20H22ClFN2O3/c1-3-23-20(26)14(2)24(12-15-7-9-17(22)10-8-15)19(25)13-27-18-6-4-5-16(21)11-18/h4-11,14H,3,12-13H2,1-2H3,(H,23,26). The van der Waals surface area contributed by atoms with Crippen LogP contribution in [0.2, 0.25) is 5.02 Å². The minimum Gasteiger partial charge on any atom is -0.484 e. The molecule has 2 aromatic carbocycles. The van der Waals surface area contributed by atoms with Crippen LogP contribution in [0.25, 0.3) is 0 Å². The van der Waals surface area contributed by atoms with Gasteiger partial charge in [0.2, 0.25) is 5.91 Å². The Morgan fingerprint density at radius 2 is 1.93 bits per heavy atom. The second kappa shape index (κ2) is 9.92. The average Bonchev–Trinajstić information content (AvgIpc) is 2.65. The molecule has 0 bridgehead atoms. The maximum Gasteiger partial charge on any atom is 0.261 e. The fourth-order valence-corrected chi connectivity index (χ4v) is 2.66. The molecule has 5 nitrogen and oxygen atoms in total. The average molecular weight is 393 g/mol. The van der Waals surface area contributed by atoms with E-state index in [1.807, 2.05) is 0 Å². The molecule has 2 aromatic rings. The van der Waals surface area contributed by atoms with E-state index in [1.165, 1.54) is 17.0 Å². The van der Waals surface area contributed by atoms with Crippen LogP contribution in [0.1, 0.15) is 19.4 Å². The van der Waals surface area contributed by atoms with Crippen molar-refractivity contribution in [3.63, 3.8) is 0 Å². The number of carbonyl (C=O) groups is 2. The predicted octanol–water partition coefficient (Wildman–Crippen LogP) is 3.41. The number of hydrogen-bond donors (Lipinski definition) is 1. The number of halogens is 2. The van der Waals surface area contributed by atoms with Gasteiger partial charge in [0.15, 0.2) is 6.61 Å². The monoisotopic (exact) mass is 392 g/mol. The molecule has 0 aromatic heterocycles. The summed E-state index contributed by atoms with van der Waals surface area (Å²) in [6.45, 7) is 3.83. The molecule has 0 fully saturated rings. The zero-order chi connectivity index (χ0) is 19.8. The van der Waals surface area contributed by atoms with Crippen molar-refractivity contribution in [1.82, 2.24) is 10.2 Å². The molecular weight excluding hydrogens is 371 g/mol. The molecular formula is C20H22ClFN2O3. The Kier molecular flexibility index (Phi) is 7.61. The van der Waals surface area contributed by atoms with E-state index in [9.17, 15) is 14.0 Å². The van der Waals surface area contributed by atoms with E-state index in [0.717, 1.165) is 0 Å². The summed E-state index contributed by atoms with van der Waals surface area (Å²) in [5, 5.41) is 3.20. The SMILES string of the molecule is CCNC(=O)C(C)N(Cc1ccc(F)cc1)C(=O)COc1cccc(Cl)c1. The van der Waals surface area contributed by atoms with Gasteiger partial charge in [-0.1, -0.05) is 29.8 Å². The van der Waals surface area contributed by atoms with Gasteiger partial charge < -0.3 is 15.0 Å². The lowest BCUT2D eigenvalue weighted by Gasteiger charge is -2.28. The Bertz CT molecular complexity index is 783. The third-order valence-corrected chi connectivity index (χ3v) is 4.18. The molecule has 0 saturated heterocycles. The zero-order valence-corrected chi connectivity index (χ0v) is 16.0. The Balaban J connectivity index is 2.12. The van der Waals surface area contributed by atoms with Gasteiger partial charge in [0.25, 0.3) is 5.91 Å². The molecule has 2 amide bonds. The quantitative estimate of drug-likeness (QED) is 0.749. The Morgan fingerprint density at radius 3 is 2.56 bits per heavy atom. The molecule has 7 heteroatoms. The highest BCUT2D eigenvalue weighted by Crippen LogP contribution is 2.18.